The summed E-state index contributed by atoms with van der Waals surface area (Å²) in [4.78, 5) is 14.6. The molecule has 0 aliphatic carbocycles. The fraction of sp³-hybridized carbons (Fsp3) is 0.250. The van der Waals surface area contributed by atoms with Gasteiger partial charge in [-0.2, -0.15) is 0 Å². The molecular weight excluding hydrogens is 470 g/mol. The average molecular weight is 504 g/mol. The lowest BCUT2D eigenvalue weighted by Crippen LogP contribution is -2.52. The van der Waals surface area contributed by atoms with E-state index in [2.05, 4.69) is 101 Å². The normalized spacial score (nSPS) is 15.7. The van der Waals surface area contributed by atoms with Gasteiger partial charge in [0.1, 0.15) is 17.9 Å². The molecule has 192 valence electrons. The van der Waals surface area contributed by atoms with Gasteiger partial charge in [0, 0.05) is 48.8 Å². The van der Waals surface area contributed by atoms with Crippen molar-refractivity contribution in [2.45, 2.75) is 26.8 Å². The van der Waals surface area contributed by atoms with Crippen molar-refractivity contribution in [2.75, 3.05) is 36.0 Å². The quantitative estimate of drug-likeness (QED) is 0.264. The van der Waals surface area contributed by atoms with Crippen molar-refractivity contribution in [3.8, 4) is 22.6 Å². The van der Waals surface area contributed by atoms with Crippen LogP contribution in [0.1, 0.15) is 19.4 Å². The lowest BCUT2D eigenvalue weighted by molar-refractivity contribution is 0.340. The van der Waals surface area contributed by atoms with Gasteiger partial charge in [0.15, 0.2) is 5.65 Å². The van der Waals surface area contributed by atoms with Gasteiger partial charge < -0.3 is 19.1 Å². The molecule has 0 N–H and O–H groups in total. The zero-order valence-corrected chi connectivity index (χ0v) is 22.2. The number of hydrogen-bond donors (Lipinski definition) is 0. The second-order valence-corrected chi connectivity index (χ2v) is 9.93. The molecule has 1 atom stereocenters. The molecule has 6 nitrogen and oxygen atoms in total. The van der Waals surface area contributed by atoms with Crippen LogP contribution in [0.5, 0.6) is 5.75 Å². The van der Waals surface area contributed by atoms with Crippen LogP contribution in [0.25, 0.3) is 27.8 Å². The third kappa shape index (κ3) is 4.47. The van der Waals surface area contributed by atoms with Gasteiger partial charge in [0.25, 0.3) is 0 Å². The lowest BCUT2D eigenvalue weighted by atomic mass is 10.1. The molecule has 3 heterocycles. The predicted octanol–water partition coefficient (Wildman–Crippen LogP) is 6.51. The number of rotatable bonds is 6. The van der Waals surface area contributed by atoms with Crippen molar-refractivity contribution in [1.82, 2.24) is 14.5 Å². The van der Waals surface area contributed by atoms with Crippen molar-refractivity contribution >= 4 is 22.5 Å². The summed E-state index contributed by atoms with van der Waals surface area (Å²) >= 11 is 0. The molecule has 1 unspecified atom stereocenters. The van der Waals surface area contributed by atoms with Gasteiger partial charge in [-0.15, -0.1) is 0 Å². The van der Waals surface area contributed by atoms with E-state index in [9.17, 15) is 0 Å². The van der Waals surface area contributed by atoms with E-state index in [0.29, 0.717) is 12.6 Å². The van der Waals surface area contributed by atoms with E-state index < -0.39 is 0 Å². The third-order valence-corrected chi connectivity index (χ3v) is 7.33. The molecular formula is C32H33N5O. The first-order valence-electron chi connectivity index (χ1n) is 13.4. The second kappa shape index (κ2) is 10.2. The minimum absolute atomic E-state index is 0.351. The molecule has 5 aromatic rings. The van der Waals surface area contributed by atoms with Crippen LogP contribution >= 0.6 is 0 Å². The van der Waals surface area contributed by atoms with Crippen LogP contribution in [-0.4, -0.2) is 46.8 Å². The number of aryl methyl sites for hydroxylation is 1. The molecule has 0 saturated carbocycles. The molecule has 0 radical (unpaired) electrons. The number of benzene rings is 3. The Morgan fingerprint density at radius 2 is 1.71 bits per heavy atom. The fourth-order valence-corrected chi connectivity index (χ4v) is 5.53. The summed E-state index contributed by atoms with van der Waals surface area (Å²) in [6.45, 7) is 9.83. The summed E-state index contributed by atoms with van der Waals surface area (Å²) < 4.78 is 7.84. The summed E-state index contributed by atoms with van der Waals surface area (Å²) in [5.41, 5.74) is 6.83. The first kappa shape index (κ1) is 24.0. The van der Waals surface area contributed by atoms with E-state index in [1.807, 2.05) is 19.1 Å². The second-order valence-electron chi connectivity index (χ2n) is 9.93. The topological polar surface area (TPSA) is 46.4 Å². The average Bonchev–Trinajstić information content (AvgIpc) is 3.34. The number of hydrogen-bond acceptors (Lipinski definition) is 5. The zero-order valence-electron chi connectivity index (χ0n) is 22.2. The van der Waals surface area contributed by atoms with Gasteiger partial charge in [-0.05, 0) is 68.3 Å². The van der Waals surface area contributed by atoms with Crippen molar-refractivity contribution < 1.29 is 4.74 Å². The van der Waals surface area contributed by atoms with Gasteiger partial charge >= 0.3 is 0 Å². The molecule has 38 heavy (non-hydrogen) atoms. The Bertz CT molecular complexity index is 1540. The van der Waals surface area contributed by atoms with E-state index in [0.717, 1.165) is 59.0 Å². The Morgan fingerprint density at radius 1 is 0.895 bits per heavy atom. The summed E-state index contributed by atoms with van der Waals surface area (Å²) in [6, 6.07) is 27.9. The molecule has 0 spiro atoms. The Morgan fingerprint density at radius 3 is 2.45 bits per heavy atom. The summed E-state index contributed by atoms with van der Waals surface area (Å²) in [5.74, 6) is 1.86. The van der Waals surface area contributed by atoms with Crippen LogP contribution in [0, 0.1) is 6.92 Å². The molecule has 2 aromatic heterocycles. The van der Waals surface area contributed by atoms with E-state index in [1.165, 1.54) is 11.3 Å². The van der Waals surface area contributed by atoms with Crippen molar-refractivity contribution in [1.29, 1.82) is 0 Å². The van der Waals surface area contributed by atoms with Crippen molar-refractivity contribution in [2.24, 2.45) is 0 Å². The molecule has 0 amide bonds. The summed E-state index contributed by atoms with van der Waals surface area (Å²) in [6.07, 6.45) is 3.90. The Kier molecular flexibility index (Phi) is 6.46. The fourth-order valence-electron chi connectivity index (χ4n) is 5.53. The third-order valence-electron chi connectivity index (χ3n) is 7.33. The standard InChI is InChI=1S/C32H33N5O/c1-4-38-28-15-13-26(14-16-28)37-21-29(25-10-6-5-7-11-25)30-31(33-22-34-32(30)37)35-17-18-36(24(3)20-35)27-12-8-9-23(2)19-27/h5-16,19,21-22,24H,4,17-18,20H2,1-3H3. The molecule has 6 rings (SSSR count). The summed E-state index contributed by atoms with van der Waals surface area (Å²) in [5, 5.41) is 1.09. The Balaban J connectivity index is 1.42. The molecule has 1 aliphatic heterocycles. The first-order valence-corrected chi connectivity index (χ1v) is 13.4. The van der Waals surface area contributed by atoms with E-state index in [-0.39, 0.29) is 0 Å². The minimum atomic E-state index is 0.351. The van der Waals surface area contributed by atoms with Gasteiger partial charge in [-0.25, -0.2) is 9.97 Å². The Labute approximate surface area is 224 Å². The highest BCUT2D eigenvalue weighted by Crippen LogP contribution is 2.38. The molecule has 1 fully saturated rings. The van der Waals surface area contributed by atoms with Crippen LogP contribution in [0.15, 0.2) is 91.4 Å². The number of ether oxygens (including phenoxy) is 1. The smallest absolute Gasteiger partial charge is 0.150 e. The van der Waals surface area contributed by atoms with E-state index in [4.69, 9.17) is 14.7 Å². The molecule has 1 aliphatic rings. The zero-order chi connectivity index (χ0) is 26.1. The molecule has 3 aromatic carbocycles. The maximum atomic E-state index is 5.67. The number of piperazine rings is 1. The molecule has 1 saturated heterocycles. The highest BCUT2D eigenvalue weighted by Gasteiger charge is 2.28. The van der Waals surface area contributed by atoms with Crippen LogP contribution in [0.2, 0.25) is 0 Å². The maximum absolute atomic E-state index is 5.67. The van der Waals surface area contributed by atoms with E-state index >= 15 is 0 Å². The van der Waals surface area contributed by atoms with Gasteiger partial charge in [-0.1, -0.05) is 42.5 Å². The lowest BCUT2D eigenvalue weighted by Gasteiger charge is -2.42. The Hall–Kier alpha value is -4.32. The van der Waals surface area contributed by atoms with Crippen LogP contribution in [0.4, 0.5) is 11.5 Å². The number of anilines is 2. The van der Waals surface area contributed by atoms with Gasteiger partial charge in [0.05, 0.1) is 12.0 Å². The first-order chi connectivity index (χ1) is 18.6. The van der Waals surface area contributed by atoms with E-state index in [1.54, 1.807) is 6.33 Å². The maximum Gasteiger partial charge on any atom is 0.150 e. The van der Waals surface area contributed by atoms with Crippen LogP contribution < -0.4 is 14.5 Å². The van der Waals surface area contributed by atoms with Crippen molar-refractivity contribution in [3.63, 3.8) is 0 Å². The number of aromatic nitrogens is 3. The monoisotopic (exact) mass is 503 g/mol. The predicted molar refractivity (Wildman–Crippen MR) is 156 cm³/mol. The van der Waals surface area contributed by atoms with Crippen LogP contribution in [-0.2, 0) is 0 Å². The SMILES string of the molecule is CCOc1ccc(-n2cc(-c3ccccc3)c3c(N4CCN(c5cccc(C)c5)C(C)C4)ncnc32)cc1. The highest BCUT2D eigenvalue weighted by molar-refractivity contribution is 6.02. The number of nitrogens with zero attached hydrogens (tertiary/aromatic N) is 5. The highest BCUT2D eigenvalue weighted by atomic mass is 16.5. The molecule has 6 heteroatoms. The minimum Gasteiger partial charge on any atom is -0.494 e. The van der Waals surface area contributed by atoms with Crippen molar-refractivity contribution in [3.05, 3.63) is 97.0 Å². The largest absolute Gasteiger partial charge is 0.494 e. The summed E-state index contributed by atoms with van der Waals surface area (Å²) in [7, 11) is 0. The van der Waals surface area contributed by atoms with Crippen LogP contribution in [0.3, 0.4) is 0 Å². The molecule has 0 bridgehead atoms. The van der Waals surface area contributed by atoms with Gasteiger partial charge in [-0.3, -0.25) is 0 Å². The van der Waals surface area contributed by atoms with Gasteiger partial charge in [0.2, 0.25) is 0 Å². The number of fused-ring (bicyclic) bond motifs is 1.